The van der Waals surface area contributed by atoms with Crippen molar-refractivity contribution in [1.29, 1.82) is 0 Å². The molecule has 1 aliphatic heterocycles. The Morgan fingerprint density at radius 2 is 2.25 bits per heavy atom. The van der Waals surface area contributed by atoms with Crippen LogP contribution < -0.4 is 5.32 Å². The number of nitrogens with one attached hydrogen (secondary N) is 1. The average Bonchev–Trinajstić information content (AvgIpc) is 2.65. The number of rotatable bonds is 4. The minimum atomic E-state index is 0.402. The summed E-state index contributed by atoms with van der Waals surface area (Å²) >= 11 is 7.60. The van der Waals surface area contributed by atoms with Gasteiger partial charge in [-0.05, 0) is 24.3 Å². The molecule has 0 radical (unpaired) electrons. The van der Waals surface area contributed by atoms with Gasteiger partial charge in [0.2, 0.25) is 0 Å². The summed E-state index contributed by atoms with van der Waals surface area (Å²) in [5, 5.41) is 6.35. The largest absolute Gasteiger partial charge is 0.381 e. The van der Waals surface area contributed by atoms with Crippen LogP contribution in [0.4, 0.5) is 0 Å². The molecule has 1 fully saturated rings. The van der Waals surface area contributed by atoms with Gasteiger partial charge in [0.15, 0.2) is 0 Å². The van der Waals surface area contributed by atoms with E-state index in [0.29, 0.717) is 5.41 Å². The third-order valence-electron chi connectivity index (χ3n) is 3.17. The lowest BCUT2D eigenvalue weighted by molar-refractivity contribution is 0.0240. The SMILES string of the molecule is CC1(CNCc2cc(Cl)cs2)CCOCC1. The van der Waals surface area contributed by atoms with Gasteiger partial charge in [0.05, 0.1) is 5.02 Å². The van der Waals surface area contributed by atoms with Crippen LogP contribution in [-0.4, -0.2) is 19.8 Å². The van der Waals surface area contributed by atoms with E-state index in [1.807, 2.05) is 11.4 Å². The Balaban J connectivity index is 1.74. The summed E-state index contributed by atoms with van der Waals surface area (Å²) in [4.78, 5) is 1.31. The molecule has 0 spiro atoms. The smallest absolute Gasteiger partial charge is 0.0516 e. The molecular weight excluding hydrogens is 242 g/mol. The van der Waals surface area contributed by atoms with Crippen molar-refractivity contribution < 1.29 is 4.74 Å². The van der Waals surface area contributed by atoms with Gasteiger partial charge in [-0.25, -0.2) is 0 Å². The molecule has 0 unspecified atom stereocenters. The van der Waals surface area contributed by atoms with Crippen LogP contribution in [-0.2, 0) is 11.3 Å². The standard InChI is InChI=1S/C12H18ClNOS/c1-12(2-4-15-5-3-12)9-14-7-11-6-10(13)8-16-11/h6,8,14H,2-5,7,9H2,1H3. The van der Waals surface area contributed by atoms with Crippen LogP contribution in [0.5, 0.6) is 0 Å². The second-order valence-corrected chi connectivity index (χ2v) is 6.19. The van der Waals surface area contributed by atoms with Gasteiger partial charge in [0, 0.05) is 36.6 Å². The van der Waals surface area contributed by atoms with E-state index in [1.165, 1.54) is 4.88 Å². The highest BCUT2D eigenvalue weighted by atomic mass is 35.5. The number of halogens is 1. The Morgan fingerprint density at radius 3 is 2.88 bits per heavy atom. The van der Waals surface area contributed by atoms with Gasteiger partial charge in [-0.2, -0.15) is 0 Å². The van der Waals surface area contributed by atoms with Crippen molar-refractivity contribution in [1.82, 2.24) is 5.32 Å². The minimum absolute atomic E-state index is 0.402. The third kappa shape index (κ3) is 3.45. The maximum atomic E-state index is 5.88. The zero-order valence-corrected chi connectivity index (χ0v) is 11.2. The van der Waals surface area contributed by atoms with Crippen LogP contribution in [0.15, 0.2) is 11.4 Å². The third-order valence-corrected chi connectivity index (χ3v) is 4.46. The van der Waals surface area contributed by atoms with Crippen molar-refractivity contribution in [2.75, 3.05) is 19.8 Å². The topological polar surface area (TPSA) is 21.3 Å². The molecule has 4 heteroatoms. The van der Waals surface area contributed by atoms with E-state index in [9.17, 15) is 0 Å². The number of hydrogen-bond donors (Lipinski definition) is 1. The van der Waals surface area contributed by atoms with E-state index in [1.54, 1.807) is 11.3 Å². The monoisotopic (exact) mass is 259 g/mol. The maximum absolute atomic E-state index is 5.88. The normalized spacial score (nSPS) is 19.9. The lowest BCUT2D eigenvalue weighted by Crippen LogP contribution is -2.36. The maximum Gasteiger partial charge on any atom is 0.0516 e. The predicted octanol–water partition coefficient (Wildman–Crippen LogP) is 3.31. The predicted molar refractivity (Wildman–Crippen MR) is 69.2 cm³/mol. The summed E-state index contributed by atoms with van der Waals surface area (Å²) < 4.78 is 5.39. The Kier molecular flexibility index (Phi) is 4.25. The van der Waals surface area contributed by atoms with Gasteiger partial charge in [-0.1, -0.05) is 18.5 Å². The Hall–Kier alpha value is -0.0900. The molecule has 2 heterocycles. The molecule has 16 heavy (non-hydrogen) atoms. The van der Waals surface area contributed by atoms with Crippen LogP contribution in [0.3, 0.4) is 0 Å². The molecule has 0 saturated carbocycles. The molecule has 0 amide bonds. The van der Waals surface area contributed by atoms with Crippen molar-refractivity contribution in [3.8, 4) is 0 Å². The fraction of sp³-hybridized carbons (Fsp3) is 0.667. The molecule has 2 nitrogen and oxygen atoms in total. The van der Waals surface area contributed by atoms with Gasteiger partial charge in [-0.15, -0.1) is 11.3 Å². The fourth-order valence-corrected chi connectivity index (χ4v) is 3.02. The van der Waals surface area contributed by atoms with Crippen LogP contribution in [0, 0.1) is 5.41 Å². The first-order chi connectivity index (χ1) is 7.68. The van der Waals surface area contributed by atoms with Crippen LogP contribution in [0.2, 0.25) is 5.02 Å². The highest BCUT2D eigenvalue weighted by Gasteiger charge is 2.26. The lowest BCUT2D eigenvalue weighted by atomic mass is 9.82. The first-order valence-electron chi connectivity index (χ1n) is 5.69. The van der Waals surface area contributed by atoms with E-state index >= 15 is 0 Å². The summed E-state index contributed by atoms with van der Waals surface area (Å²) in [5.74, 6) is 0. The molecule has 1 aromatic rings. The Bertz CT molecular complexity index is 334. The molecule has 0 bridgehead atoms. The van der Waals surface area contributed by atoms with E-state index in [-0.39, 0.29) is 0 Å². The summed E-state index contributed by atoms with van der Waals surface area (Å²) in [6, 6.07) is 2.03. The van der Waals surface area contributed by atoms with E-state index in [2.05, 4.69) is 12.2 Å². The van der Waals surface area contributed by atoms with Crippen LogP contribution in [0.25, 0.3) is 0 Å². The molecule has 2 rings (SSSR count). The Labute approximate surface area is 106 Å². The summed E-state index contributed by atoms with van der Waals surface area (Å²) in [7, 11) is 0. The molecule has 1 aliphatic rings. The van der Waals surface area contributed by atoms with E-state index in [4.69, 9.17) is 16.3 Å². The van der Waals surface area contributed by atoms with E-state index in [0.717, 1.165) is 44.2 Å². The number of ether oxygens (including phenoxy) is 1. The highest BCUT2D eigenvalue weighted by Crippen LogP contribution is 2.29. The number of thiophene rings is 1. The first kappa shape index (κ1) is 12.4. The summed E-state index contributed by atoms with van der Waals surface area (Å²) in [6.45, 7) is 6.13. The molecule has 0 aromatic carbocycles. The molecular formula is C12H18ClNOS. The van der Waals surface area contributed by atoms with Crippen LogP contribution >= 0.6 is 22.9 Å². The van der Waals surface area contributed by atoms with Gasteiger partial charge in [0.1, 0.15) is 0 Å². The van der Waals surface area contributed by atoms with Crippen molar-refractivity contribution in [3.63, 3.8) is 0 Å². The molecule has 1 aromatic heterocycles. The molecule has 1 N–H and O–H groups in total. The fourth-order valence-electron chi connectivity index (χ4n) is 1.97. The van der Waals surface area contributed by atoms with Crippen molar-refractivity contribution in [3.05, 3.63) is 21.3 Å². The summed E-state index contributed by atoms with van der Waals surface area (Å²) in [6.07, 6.45) is 2.32. The second-order valence-electron chi connectivity index (χ2n) is 4.76. The van der Waals surface area contributed by atoms with Gasteiger partial charge >= 0.3 is 0 Å². The summed E-state index contributed by atoms with van der Waals surface area (Å²) in [5.41, 5.74) is 0.402. The molecule has 0 aliphatic carbocycles. The van der Waals surface area contributed by atoms with Crippen molar-refractivity contribution in [2.24, 2.45) is 5.41 Å². The second kappa shape index (κ2) is 5.50. The Morgan fingerprint density at radius 1 is 1.50 bits per heavy atom. The quantitative estimate of drug-likeness (QED) is 0.896. The van der Waals surface area contributed by atoms with Gasteiger partial charge in [0.25, 0.3) is 0 Å². The highest BCUT2D eigenvalue weighted by molar-refractivity contribution is 7.10. The molecule has 1 saturated heterocycles. The van der Waals surface area contributed by atoms with Crippen molar-refractivity contribution >= 4 is 22.9 Å². The average molecular weight is 260 g/mol. The number of hydrogen-bond acceptors (Lipinski definition) is 3. The minimum Gasteiger partial charge on any atom is -0.381 e. The zero-order valence-electron chi connectivity index (χ0n) is 9.59. The van der Waals surface area contributed by atoms with Crippen molar-refractivity contribution in [2.45, 2.75) is 26.3 Å². The molecule has 90 valence electrons. The first-order valence-corrected chi connectivity index (χ1v) is 6.95. The van der Waals surface area contributed by atoms with E-state index < -0.39 is 0 Å². The van der Waals surface area contributed by atoms with Gasteiger partial charge in [-0.3, -0.25) is 0 Å². The zero-order chi connectivity index (χ0) is 11.4. The van der Waals surface area contributed by atoms with Gasteiger partial charge < -0.3 is 10.1 Å². The van der Waals surface area contributed by atoms with Crippen LogP contribution in [0.1, 0.15) is 24.6 Å². The molecule has 0 atom stereocenters. The lowest BCUT2D eigenvalue weighted by Gasteiger charge is -2.33.